The quantitative estimate of drug-likeness (QED) is 0.556. The summed E-state index contributed by atoms with van der Waals surface area (Å²) in [5.74, 6) is 0.807. The van der Waals surface area contributed by atoms with E-state index in [0.717, 1.165) is 12.8 Å². The van der Waals surface area contributed by atoms with Crippen LogP contribution in [0.4, 0.5) is 0 Å². The first-order valence-corrected chi connectivity index (χ1v) is 10.9. The van der Waals surface area contributed by atoms with Crippen molar-refractivity contribution < 1.29 is 23.5 Å². The highest BCUT2D eigenvalue weighted by Gasteiger charge is 2.24. The van der Waals surface area contributed by atoms with Crippen LogP contribution >= 0.6 is 0 Å². The molecule has 172 valence electrons. The van der Waals surface area contributed by atoms with Crippen LogP contribution in [-0.4, -0.2) is 50.1 Å². The van der Waals surface area contributed by atoms with Crippen molar-refractivity contribution in [2.24, 2.45) is 5.92 Å². The van der Waals surface area contributed by atoms with Crippen LogP contribution in [0.1, 0.15) is 23.2 Å². The standard InChI is InChI=1S/C25H26N2O6/c1-31-21-9-5-6-18-14-20(25(30)33-23(18)21)24(29)26-15-17-10-12-27(13-11-17)22(28)16-32-19-7-3-2-4-8-19/h2-9,14,17H,10-13,15-16H2,1H3,(H,26,29). The number of amides is 2. The van der Waals surface area contributed by atoms with Crippen molar-refractivity contribution in [3.63, 3.8) is 0 Å². The van der Waals surface area contributed by atoms with E-state index in [9.17, 15) is 14.4 Å². The molecule has 0 atom stereocenters. The second kappa shape index (κ2) is 10.2. The molecule has 1 aliphatic heterocycles. The van der Waals surface area contributed by atoms with Crippen molar-refractivity contribution in [2.75, 3.05) is 33.4 Å². The molecule has 1 N–H and O–H groups in total. The summed E-state index contributed by atoms with van der Waals surface area (Å²) in [5, 5.41) is 3.45. The minimum Gasteiger partial charge on any atom is -0.493 e. The van der Waals surface area contributed by atoms with Gasteiger partial charge in [-0.3, -0.25) is 9.59 Å². The fraction of sp³-hybridized carbons (Fsp3) is 0.320. The zero-order valence-electron chi connectivity index (χ0n) is 18.4. The average Bonchev–Trinajstić information content (AvgIpc) is 2.86. The first kappa shape index (κ1) is 22.4. The molecule has 0 spiro atoms. The number of carbonyl (C=O) groups is 2. The Morgan fingerprint density at radius 2 is 1.85 bits per heavy atom. The monoisotopic (exact) mass is 450 g/mol. The number of ether oxygens (including phenoxy) is 2. The Bertz CT molecular complexity index is 1180. The number of methoxy groups -OCH3 is 1. The van der Waals surface area contributed by atoms with Crippen molar-refractivity contribution >= 4 is 22.8 Å². The predicted octanol–water partition coefficient (Wildman–Crippen LogP) is 2.85. The molecule has 1 aliphatic rings. The molecule has 0 saturated carbocycles. The molecular formula is C25H26N2O6. The summed E-state index contributed by atoms with van der Waals surface area (Å²) in [7, 11) is 1.49. The first-order chi connectivity index (χ1) is 16.0. The maximum Gasteiger partial charge on any atom is 0.349 e. The molecule has 0 bridgehead atoms. The van der Waals surface area contributed by atoms with Gasteiger partial charge in [-0.15, -0.1) is 0 Å². The van der Waals surface area contributed by atoms with Crippen LogP contribution in [0, 0.1) is 5.92 Å². The topological polar surface area (TPSA) is 98.1 Å². The van der Waals surface area contributed by atoms with E-state index in [1.807, 2.05) is 30.3 Å². The van der Waals surface area contributed by atoms with Crippen LogP contribution in [0.15, 0.2) is 63.8 Å². The molecule has 0 aliphatic carbocycles. The largest absolute Gasteiger partial charge is 0.493 e. The number of rotatable bonds is 7. The van der Waals surface area contributed by atoms with Gasteiger partial charge in [-0.2, -0.15) is 0 Å². The summed E-state index contributed by atoms with van der Waals surface area (Å²) in [5.41, 5.74) is -0.431. The third kappa shape index (κ3) is 5.34. The van der Waals surface area contributed by atoms with E-state index in [1.165, 1.54) is 13.2 Å². The second-order valence-corrected chi connectivity index (χ2v) is 7.96. The number of benzene rings is 2. The van der Waals surface area contributed by atoms with E-state index in [4.69, 9.17) is 13.9 Å². The second-order valence-electron chi connectivity index (χ2n) is 7.96. The Labute approximate surface area is 191 Å². The summed E-state index contributed by atoms with van der Waals surface area (Å²) in [6.07, 6.45) is 1.53. The zero-order chi connectivity index (χ0) is 23.2. The number of piperidine rings is 1. The first-order valence-electron chi connectivity index (χ1n) is 10.9. The molecule has 2 amide bonds. The van der Waals surface area contributed by atoms with Crippen molar-refractivity contribution in [2.45, 2.75) is 12.8 Å². The molecule has 4 rings (SSSR count). The highest BCUT2D eigenvalue weighted by molar-refractivity contribution is 5.97. The molecule has 33 heavy (non-hydrogen) atoms. The average molecular weight is 450 g/mol. The fourth-order valence-electron chi connectivity index (χ4n) is 3.91. The van der Waals surface area contributed by atoms with Crippen molar-refractivity contribution in [1.29, 1.82) is 0 Å². The van der Waals surface area contributed by atoms with Crippen molar-refractivity contribution in [3.8, 4) is 11.5 Å². The number of likely N-dealkylation sites (tertiary alicyclic amines) is 1. The minimum atomic E-state index is -0.705. The molecule has 0 unspecified atom stereocenters. The Balaban J connectivity index is 1.27. The molecule has 1 saturated heterocycles. The minimum absolute atomic E-state index is 0.00788. The van der Waals surface area contributed by atoms with Gasteiger partial charge in [-0.25, -0.2) is 4.79 Å². The lowest BCUT2D eigenvalue weighted by atomic mass is 9.96. The van der Waals surface area contributed by atoms with Crippen molar-refractivity contribution in [3.05, 3.63) is 70.6 Å². The van der Waals surface area contributed by atoms with E-state index < -0.39 is 11.5 Å². The third-order valence-electron chi connectivity index (χ3n) is 5.81. The number of carbonyl (C=O) groups excluding carboxylic acids is 2. The van der Waals surface area contributed by atoms with E-state index in [1.54, 1.807) is 23.1 Å². The maximum atomic E-state index is 12.6. The molecule has 8 heteroatoms. The lowest BCUT2D eigenvalue weighted by Crippen LogP contribution is -2.43. The van der Waals surface area contributed by atoms with E-state index in [-0.39, 0.29) is 24.0 Å². The Morgan fingerprint density at radius 3 is 2.58 bits per heavy atom. The molecule has 8 nitrogen and oxygen atoms in total. The van der Waals surface area contributed by atoms with Gasteiger partial charge < -0.3 is 24.1 Å². The predicted molar refractivity (Wildman–Crippen MR) is 123 cm³/mol. The highest BCUT2D eigenvalue weighted by Crippen LogP contribution is 2.24. The van der Waals surface area contributed by atoms with Gasteiger partial charge in [-0.1, -0.05) is 30.3 Å². The lowest BCUT2D eigenvalue weighted by Gasteiger charge is -2.32. The maximum absolute atomic E-state index is 12.6. The molecule has 1 fully saturated rings. The molecular weight excluding hydrogens is 424 g/mol. The SMILES string of the molecule is COc1cccc2cc(C(=O)NCC3CCN(C(=O)COc4ccccc4)CC3)c(=O)oc12. The number of fused-ring (bicyclic) bond motifs is 1. The summed E-state index contributed by atoms with van der Waals surface area (Å²) >= 11 is 0. The van der Waals surface area contributed by atoms with E-state index >= 15 is 0 Å². The van der Waals surface area contributed by atoms with Crippen LogP contribution in [0.2, 0.25) is 0 Å². The van der Waals surface area contributed by atoms with Gasteiger partial charge >= 0.3 is 5.63 Å². The van der Waals surface area contributed by atoms with E-state index in [0.29, 0.717) is 42.1 Å². The number of para-hydroxylation sites is 2. The lowest BCUT2D eigenvalue weighted by molar-refractivity contribution is -0.134. The van der Waals surface area contributed by atoms with Gasteiger partial charge in [0, 0.05) is 25.0 Å². The van der Waals surface area contributed by atoms with Crippen LogP contribution in [0.5, 0.6) is 11.5 Å². The molecule has 3 aromatic rings. The summed E-state index contributed by atoms with van der Waals surface area (Å²) in [6, 6.07) is 16.0. The zero-order valence-corrected chi connectivity index (χ0v) is 18.4. The van der Waals surface area contributed by atoms with E-state index in [2.05, 4.69) is 5.32 Å². The third-order valence-corrected chi connectivity index (χ3v) is 5.81. The van der Waals surface area contributed by atoms with Gasteiger partial charge in [-0.05, 0) is 43.0 Å². The number of nitrogens with zero attached hydrogens (tertiary/aromatic N) is 1. The smallest absolute Gasteiger partial charge is 0.349 e. The Hall–Kier alpha value is -3.81. The molecule has 2 heterocycles. The van der Waals surface area contributed by atoms with Gasteiger partial charge in [0.1, 0.15) is 11.3 Å². The molecule has 2 aromatic carbocycles. The summed E-state index contributed by atoms with van der Waals surface area (Å²) < 4.78 is 16.1. The molecule has 1 aromatic heterocycles. The van der Waals surface area contributed by atoms with Gasteiger partial charge in [0.25, 0.3) is 11.8 Å². The van der Waals surface area contributed by atoms with Crippen molar-refractivity contribution in [1.82, 2.24) is 10.2 Å². The van der Waals surface area contributed by atoms with Crippen LogP contribution in [-0.2, 0) is 4.79 Å². The molecule has 0 radical (unpaired) electrons. The number of nitrogens with one attached hydrogen (secondary N) is 1. The van der Waals surface area contributed by atoms with Gasteiger partial charge in [0.15, 0.2) is 17.9 Å². The fourth-order valence-corrected chi connectivity index (χ4v) is 3.91. The van der Waals surface area contributed by atoms with Crippen LogP contribution < -0.4 is 20.4 Å². The highest BCUT2D eigenvalue weighted by atomic mass is 16.5. The summed E-state index contributed by atoms with van der Waals surface area (Å²) in [6.45, 7) is 1.65. The van der Waals surface area contributed by atoms with Crippen LogP contribution in [0.3, 0.4) is 0 Å². The summed E-state index contributed by atoms with van der Waals surface area (Å²) in [4.78, 5) is 39.1. The normalized spacial score (nSPS) is 14.2. The number of hydrogen-bond donors (Lipinski definition) is 1. The Kier molecular flexibility index (Phi) is 6.92. The van der Waals surface area contributed by atoms with Crippen LogP contribution in [0.25, 0.3) is 11.0 Å². The van der Waals surface area contributed by atoms with Gasteiger partial charge in [0.2, 0.25) is 0 Å². The van der Waals surface area contributed by atoms with Gasteiger partial charge in [0.05, 0.1) is 7.11 Å². The number of hydrogen-bond acceptors (Lipinski definition) is 6. The Morgan fingerprint density at radius 1 is 1.09 bits per heavy atom.